The number of benzene rings is 1. The van der Waals surface area contributed by atoms with Crippen LogP contribution in [0, 0.1) is 5.92 Å². The molecule has 0 aliphatic carbocycles. The number of carbonyl (C=O) groups excluding carboxylic acids is 1. The number of hydrogen-bond acceptors (Lipinski definition) is 4. The number of ether oxygens (including phenoxy) is 1. The molecular formula is C17H26N2O2. The molecule has 2 atom stereocenters. The minimum Gasteiger partial charge on any atom is -0.461 e. The average Bonchev–Trinajstić information content (AvgIpc) is 2.54. The van der Waals surface area contributed by atoms with E-state index in [4.69, 9.17) is 10.5 Å². The van der Waals surface area contributed by atoms with Crippen molar-refractivity contribution in [1.82, 2.24) is 4.90 Å². The molecular weight excluding hydrogens is 264 g/mol. The second-order valence-corrected chi connectivity index (χ2v) is 5.87. The number of nitrogens with zero attached hydrogens (tertiary/aromatic N) is 1. The van der Waals surface area contributed by atoms with E-state index in [0.29, 0.717) is 19.2 Å². The molecule has 1 aromatic carbocycles. The molecule has 1 aliphatic rings. The second-order valence-electron chi connectivity index (χ2n) is 5.87. The molecule has 0 bridgehead atoms. The van der Waals surface area contributed by atoms with E-state index in [0.717, 1.165) is 25.1 Å². The summed E-state index contributed by atoms with van der Waals surface area (Å²) in [5.74, 6) is -0.235. The van der Waals surface area contributed by atoms with Crippen LogP contribution in [-0.4, -0.2) is 36.5 Å². The molecule has 4 heteroatoms. The summed E-state index contributed by atoms with van der Waals surface area (Å²) in [7, 11) is 0. The van der Waals surface area contributed by atoms with E-state index >= 15 is 0 Å². The molecule has 2 rings (SSSR count). The molecule has 21 heavy (non-hydrogen) atoms. The Morgan fingerprint density at radius 3 is 2.86 bits per heavy atom. The van der Waals surface area contributed by atoms with Crippen LogP contribution in [0.5, 0.6) is 0 Å². The van der Waals surface area contributed by atoms with Gasteiger partial charge in [-0.05, 0) is 24.9 Å². The number of carbonyl (C=O) groups is 1. The number of rotatable bonds is 6. The van der Waals surface area contributed by atoms with E-state index in [9.17, 15) is 4.79 Å². The van der Waals surface area contributed by atoms with Gasteiger partial charge in [0.1, 0.15) is 6.61 Å². The molecule has 0 spiro atoms. The van der Waals surface area contributed by atoms with Crippen molar-refractivity contribution in [2.75, 3.05) is 19.6 Å². The van der Waals surface area contributed by atoms with Crippen molar-refractivity contribution < 1.29 is 9.53 Å². The highest BCUT2D eigenvalue weighted by molar-refractivity contribution is 5.72. The van der Waals surface area contributed by atoms with E-state index < -0.39 is 0 Å². The Morgan fingerprint density at radius 2 is 2.14 bits per heavy atom. The Labute approximate surface area is 127 Å². The molecule has 2 N–H and O–H groups in total. The maximum atomic E-state index is 12.1. The van der Waals surface area contributed by atoms with Crippen LogP contribution in [0.25, 0.3) is 0 Å². The minimum absolute atomic E-state index is 0.110. The summed E-state index contributed by atoms with van der Waals surface area (Å²) in [5.41, 5.74) is 6.85. The fourth-order valence-electron chi connectivity index (χ4n) is 2.86. The lowest BCUT2D eigenvalue weighted by molar-refractivity contribution is -0.150. The van der Waals surface area contributed by atoms with Crippen LogP contribution in [0.15, 0.2) is 30.3 Å². The molecule has 1 aliphatic heterocycles. The molecule has 2 unspecified atom stereocenters. The highest BCUT2D eigenvalue weighted by Crippen LogP contribution is 2.18. The summed E-state index contributed by atoms with van der Waals surface area (Å²) in [6, 6.07) is 10.2. The average molecular weight is 290 g/mol. The Kier molecular flexibility index (Phi) is 6.21. The number of piperidine rings is 1. The molecule has 0 saturated carbocycles. The SMILES string of the molecule is CC(CN1CCCCC1CN)C(=O)OCc1ccccc1. The van der Waals surface area contributed by atoms with E-state index in [1.165, 1.54) is 12.8 Å². The van der Waals surface area contributed by atoms with Gasteiger partial charge in [0.05, 0.1) is 5.92 Å². The summed E-state index contributed by atoms with van der Waals surface area (Å²) in [6.45, 7) is 4.75. The third-order valence-electron chi connectivity index (χ3n) is 4.16. The van der Waals surface area contributed by atoms with E-state index in [2.05, 4.69) is 4.90 Å². The van der Waals surface area contributed by atoms with Gasteiger partial charge < -0.3 is 10.5 Å². The van der Waals surface area contributed by atoms with Crippen LogP contribution in [0.3, 0.4) is 0 Å². The maximum absolute atomic E-state index is 12.1. The van der Waals surface area contributed by atoms with Gasteiger partial charge in [-0.15, -0.1) is 0 Å². The van der Waals surface area contributed by atoms with Gasteiger partial charge in [-0.3, -0.25) is 9.69 Å². The van der Waals surface area contributed by atoms with Crippen molar-refractivity contribution in [3.63, 3.8) is 0 Å². The van der Waals surface area contributed by atoms with Crippen LogP contribution >= 0.6 is 0 Å². The first-order valence-corrected chi connectivity index (χ1v) is 7.85. The van der Waals surface area contributed by atoms with Gasteiger partial charge in [-0.2, -0.15) is 0 Å². The van der Waals surface area contributed by atoms with Crippen LogP contribution < -0.4 is 5.73 Å². The second kappa shape index (κ2) is 8.15. The Morgan fingerprint density at radius 1 is 1.38 bits per heavy atom. The Balaban J connectivity index is 1.79. The molecule has 4 nitrogen and oxygen atoms in total. The number of hydrogen-bond donors (Lipinski definition) is 1. The Hall–Kier alpha value is -1.39. The molecule has 0 radical (unpaired) electrons. The van der Waals surface area contributed by atoms with Crippen molar-refractivity contribution in [3.05, 3.63) is 35.9 Å². The molecule has 116 valence electrons. The van der Waals surface area contributed by atoms with E-state index in [1.54, 1.807) is 0 Å². The lowest BCUT2D eigenvalue weighted by Crippen LogP contribution is -2.46. The molecule has 0 aromatic heterocycles. The fourth-order valence-corrected chi connectivity index (χ4v) is 2.86. The zero-order valence-corrected chi connectivity index (χ0v) is 12.8. The highest BCUT2D eigenvalue weighted by Gasteiger charge is 2.25. The first-order chi connectivity index (χ1) is 10.2. The van der Waals surface area contributed by atoms with Gasteiger partial charge in [0.2, 0.25) is 0 Å². The number of nitrogens with two attached hydrogens (primary N) is 1. The standard InChI is InChI=1S/C17H26N2O2/c1-14(12-19-10-6-5-9-16(19)11-18)17(20)21-13-15-7-3-2-4-8-15/h2-4,7-8,14,16H,5-6,9-13,18H2,1H3. The lowest BCUT2D eigenvalue weighted by atomic mass is 10.0. The fraction of sp³-hybridized carbons (Fsp3) is 0.588. The summed E-state index contributed by atoms with van der Waals surface area (Å²) in [6.07, 6.45) is 3.58. The molecule has 0 amide bonds. The van der Waals surface area contributed by atoms with Crippen LogP contribution in [0.2, 0.25) is 0 Å². The number of likely N-dealkylation sites (tertiary alicyclic amines) is 1. The minimum atomic E-state index is -0.125. The summed E-state index contributed by atoms with van der Waals surface area (Å²) in [5, 5.41) is 0. The van der Waals surface area contributed by atoms with Crippen molar-refractivity contribution in [2.45, 2.75) is 38.8 Å². The maximum Gasteiger partial charge on any atom is 0.310 e. The molecule has 1 heterocycles. The van der Waals surface area contributed by atoms with Gasteiger partial charge >= 0.3 is 5.97 Å². The predicted molar refractivity (Wildman–Crippen MR) is 83.7 cm³/mol. The zero-order chi connectivity index (χ0) is 15.1. The topological polar surface area (TPSA) is 55.6 Å². The first kappa shape index (κ1) is 16.0. The molecule has 1 saturated heterocycles. The number of esters is 1. The third-order valence-corrected chi connectivity index (χ3v) is 4.16. The first-order valence-electron chi connectivity index (χ1n) is 7.85. The summed E-state index contributed by atoms with van der Waals surface area (Å²) < 4.78 is 5.40. The van der Waals surface area contributed by atoms with Crippen molar-refractivity contribution in [1.29, 1.82) is 0 Å². The van der Waals surface area contributed by atoms with E-state index in [1.807, 2.05) is 37.3 Å². The molecule has 1 fully saturated rings. The van der Waals surface area contributed by atoms with Gasteiger partial charge in [0.25, 0.3) is 0 Å². The van der Waals surface area contributed by atoms with Crippen LogP contribution in [0.1, 0.15) is 31.7 Å². The zero-order valence-electron chi connectivity index (χ0n) is 12.8. The Bertz CT molecular complexity index is 436. The van der Waals surface area contributed by atoms with Crippen molar-refractivity contribution in [3.8, 4) is 0 Å². The van der Waals surface area contributed by atoms with Crippen molar-refractivity contribution in [2.24, 2.45) is 11.7 Å². The quantitative estimate of drug-likeness (QED) is 0.816. The van der Waals surface area contributed by atoms with Gasteiger partial charge in [-0.1, -0.05) is 43.7 Å². The summed E-state index contributed by atoms with van der Waals surface area (Å²) >= 11 is 0. The van der Waals surface area contributed by atoms with E-state index in [-0.39, 0.29) is 11.9 Å². The molecule has 1 aromatic rings. The van der Waals surface area contributed by atoms with Crippen LogP contribution in [-0.2, 0) is 16.1 Å². The largest absolute Gasteiger partial charge is 0.461 e. The smallest absolute Gasteiger partial charge is 0.310 e. The third kappa shape index (κ3) is 4.83. The lowest BCUT2D eigenvalue weighted by Gasteiger charge is -2.36. The summed E-state index contributed by atoms with van der Waals surface area (Å²) in [4.78, 5) is 14.5. The predicted octanol–water partition coefficient (Wildman–Crippen LogP) is 2.18. The van der Waals surface area contributed by atoms with Crippen LogP contribution in [0.4, 0.5) is 0 Å². The normalized spacial score (nSPS) is 21.0. The highest BCUT2D eigenvalue weighted by atomic mass is 16.5. The van der Waals surface area contributed by atoms with Gasteiger partial charge in [0, 0.05) is 19.1 Å². The van der Waals surface area contributed by atoms with Gasteiger partial charge in [-0.25, -0.2) is 0 Å². The monoisotopic (exact) mass is 290 g/mol. The van der Waals surface area contributed by atoms with Crippen molar-refractivity contribution >= 4 is 5.97 Å². The van der Waals surface area contributed by atoms with Gasteiger partial charge in [0.15, 0.2) is 0 Å².